The van der Waals surface area contributed by atoms with Crippen molar-refractivity contribution in [3.63, 3.8) is 0 Å². The summed E-state index contributed by atoms with van der Waals surface area (Å²) in [5.74, 6) is -0.412. The van der Waals surface area contributed by atoms with E-state index in [1.165, 1.54) is 24.3 Å². The Morgan fingerprint density at radius 3 is 2.75 bits per heavy atom. The molecule has 0 spiro atoms. The number of ketones is 1. The molecule has 1 atom stereocenters. The summed E-state index contributed by atoms with van der Waals surface area (Å²) >= 11 is 0. The summed E-state index contributed by atoms with van der Waals surface area (Å²) in [5.41, 5.74) is 0.502. The molecule has 0 radical (unpaired) electrons. The second kappa shape index (κ2) is 4.72. The van der Waals surface area contributed by atoms with Gasteiger partial charge in [0.15, 0.2) is 5.78 Å². The van der Waals surface area contributed by atoms with Crippen molar-refractivity contribution in [1.82, 2.24) is 4.90 Å². The Hall–Kier alpha value is -1.26. The average molecular weight is 223 g/mol. The van der Waals surface area contributed by atoms with E-state index < -0.39 is 6.10 Å². The molecule has 0 aromatic heterocycles. The Balaban J connectivity index is 2.09. The van der Waals surface area contributed by atoms with E-state index in [-0.39, 0.29) is 11.6 Å². The number of morpholine rings is 1. The van der Waals surface area contributed by atoms with Crippen molar-refractivity contribution in [3.05, 3.63) is 35.6 Å². The fourth-order valence-electron chi connectivity index (χ4n) is 1.74. The Kier molecular flexibility index (Phi) is 3.31. The van der Waals surface area contributed by atoms with Crippen LogP contribution in [0.15, 0.2) is 24.3 Å². The molecule has 0 bridgehead atoms. The van der Waals surface area contributed by atoms with E-state index in [9.17, 15) is 9.18 Å². The van der Waals surface area contributed by atoms with Gasteiger partial charge in [-0.1, -0.05) is 0 Å². The molecule has 2 rings (SSSR count). The number of benzene rings is 1. The highest BCUT2D eigenvalue weighted by Gasteiger charge is 2.25. The van der Waals surface area contributed by atoms with Gasteiger partial charge in [-0.2, -0.15) is 0 Å². The van der Waals surface area contributed by atoms with Gasteiger partial charge in [-0.05, 0) is 31.3 Å². The van der Waals surface area contributed by atoms with Gasteiger partial charge in [0, 0.05) is 18.7 Å². The summed E-state index contributed by atoms with van der Waals surface area (Å²) in [4.78, 5) is 14.0. The maximum Gasteiger partial charge on any atom is 0.192 e. The van der Waals surface area contributed by atoms with Crippen LogP contribution in [0.25, 0.3) is 0 Å². The van der Waals surface area contributed by atoms with Gasteiger partial charge in [-0.15, -0.1) is 0 Å². The van der Waals surface area contributed by atoms with Crippen LogP contribution in [-0.4, -0.2) is 43.5 Å². The Morgan fingerprint density at radius 1 is 1.44 bits per heavy atom. The molecule has 1 aliphatic rings. The molecule has 3 nitrogen and oxygen atoms in total. The molecule has 1 saturated heterocycles. The van der Waals surface area contributed by atoms with Crippen LogP contribution in [0.1, 0.15) is 10.4 Å². The number of ether oxygens (including phenoxy) is 1. The van der Waals surface area contributed by atoms with Crippen LogP contribution in [0, 0.1) is 5.82 Å². The second-order valence-corrected chi connectivity index (χ2v) is 3.99. The van der Waals surface area contributed by atoms with E-state index in [2.05, 4.69) is 4.90 Å². The van der Waals surface area contributed by atoms with Gasteiger partial charge in [-0.25, -0.2) is 4.39 Å². The van der Waals surface area contributed by atoms with Crippen LogP contribution < -0.4 is 0 Å². The highest BCUT2D eigenvalue weighted by molar-refractivity contribution is 5.99. The average Bonchev–Trinajstić information content (AvgIpc) is 2.29. The molecule has 1 unspecified atom stereocenters. The molecule has 1 aromatic carbocycles. The monoisotopic (exact) mass is 223 g/mol. The largest absolute Gasteiger partial charge is 0.367 e. The van der Waals surface area contributed by atoms with E-state index in [1.807, 2.05) is 7.05 Å². The van der Waals surface area contributed by atoms with E-state index in [1.54, 1.807) is 0 Å². The summed E-state index contributed by atoms with van der Waals surface area (Å²) in [6, 6.07) is 5.57. The molecule has 1 aromatic rings. The lowest BCUT2D eigenvalue weighted by molar-refractivity contribution is -0.00862. The standard InChI is InChI=1S/C12H14FNO2/c1-14-6-7-16-11(8-14)12(15)9-2-4-10(13)5-3-9/h2-5,11H,6-8H2,1H3. The van der Waals surface area contributed by atoms with Gasteiger partial charge in [0.2, 0.25) is 0 Å². The van der Waals surface area contributed by atoms with Crippen molar-refractivity contribution in [3.8, 4) is 0 Å². The van der Waals surface area contributed by atoms with Crippen LogP contribution in [0.3, 0.4) is 0 Å². The lowest BCUT2D eigenvalue weighted by Gasteiger charge is -2.29. The van der Waals surface area contributed by atoms with Crippen LogP contribution in [0.4, 0.5) is 4.39 Å². The Morgan fingerprint density at radius 2 is 2.12 bits per heavy atom. The van der Waals surface area contributed by atoms with Crippen molar-refractivity contribution in [2.45, 2.75) is 6.10 Å². The van der Waals surface area contributed by atoms with Gasteiger partial charge >= 0.3 is 0 Å². The van der Waals surface area contributed by atoms with Gasteiger partial charge in [-0.3, -0.25) is 4.79 Å². The first-order valence-electron chi connectivity index (χ1n) is 5.27. The zero-order chi connectivity index (χ0) is 11.5. The normalized spacial score (nSPS) is 22.0. The van der Waals surface area contributed by atoms with E-state index >= 15 is 0 Å². The summed E-state index contributed by atoms with van der Waals surface area (Å²) in [7, 11) is 1.95. The third-order valence-corrected chi connectivity index (χ3v) is 2.69. The summed E-state index contributed by atoms with van der Waals surface area (Å²) in [5, 5.41) is 0. The van der Waals surface area contributed by atoms with E-state index in [0.717, 1.165) is 6.54 Å². The number of hydrogen-bond donors (Lipinski definition) is 0. The predicted molar refractivity (Wildman–Crippen MR) is 58.0 cm³/mol. The smallest absolute Gasteiger partial charge is 0.192 e. The molecule has 4 heteroatoms. The molecular weight excluding hydrogens is 209 g/mol. The van der Waals surface area contributed by atoms with E-state index in [4.69, 9.17) is 4.74 Å². The minimum absolute atomic E-state index is 0.0773. The summed E-state index contributed by atoms with van der Waals surface area (Å²) in [6.07, 6.45) is -0.427. The number of Topliss-reactive ketones (excluding diaryl/α,β-unsaturated/α-hetero) is 1. The zero-order valence-electron chi connectivity index (χ0n) is 9.15. The first kappa shape index (κ1) is 11.2. The van der Waals surface area contributed by atoms with Gasteiger partial charge in [0.25, 0.3) is 0 Å². The second-order valence-electron chi connectivity index (χ2n) is 3.99. The van der Waals surface area contributed by atoms with E-state index in [0.29, 0.717) is 18.7 Å². The summed E-state index contributed by atoms with van der Waals surface area (Å²) in [6.45, 7) is 2.00. The van der Waals surface area contributed by atoms with Crippen molar-refractivity contribution in [2.75, 3.05) is 26.7 Å². The Bertz CT molecular complexity index is 377. The number of carbonyl (C=O) groups excluding carboxylic acids is 1. The van der Waals surface area contributed by atoms with Crippen LogP contribution in [-0.2, 0) is 4.74 Å². The first-order chi connectivity index (χ1) is 7.66. The fourth-order valence-corrected chi connectivity index (χ4v) is 1.74. The maximum atomic E-state index is 12.7. The third-order valence-electron chi connectivity index (χ3n) is 2.69. The molecule has 0 N–H and O–H groups in total. The summed E-state index contributed by atoms with van der Waals surface area (Å²) < 4.78 is 18.1. The van der Waals surface area contributed by atoms with Crippen molar-refractivity contribution in [2.24, 2.45) is 0 Å². The van der Waals surface area contributed by atoms with Crippen molar-refractivity contribution < 1.29 is 13.9 Å². The van der Waals surface area contributed by atoms with Crippen LogP contribution >= 0.6 is 0 Å². The number of hydrogen-bond acceptors (Lipinski definition) is 3. The molecule has 0 saturated carbocycles. The molecule has 1 fully saturated rings. The molecule has 0 aliphatic carbocycles. The molecule has 1 heterocycles. The quantitative estimate of drug-likeness (QED) is 0.709. The molecule has 0 amide bonds. The Labute approximate surface area is 93.8 Å². The predicted octanol–water partition coefficient (Wildman–Crippen LogP) is 1.34. The lowest BCUT2D eigenvalue weighted by Crippen LogP contribution is -2.44. The highest BCUT2D eigenvalue weighted by atomic mass is 19.1. The van der Waals surface area contributed by atoms with Gasteiger partial charge in [0.05, 0.1) is 6.61 Å². The van der Waals surface area contributed by atoms with Gasteiger partial charge < -0.3 is 9.64 Å². The topological polar surface area (TPSA) is 29.5 Å². The number of halogens is 1. The number of likely N-dealkylation sites (N-methyl/N-ethyl adjacent to an activating group) is 1. The third kappa shape index (κ3) is 2.46. The highest BCUT2D eigenvalue weighted by Crippen LogP contribution is 2.11. The van der Waals surface area contributed by atoms with Crippen LogP contribution in [0.5, 0.6) is 0 Å². The molecule has 16 heavy (non-hydrogen) atoms. The lowest BCUT2D eigenvalue weighted by atomic mass is 10.1. The SMILES string of the molecule is CN1CCOC(C(=O)c2ccc(F)cc2)C1. The number of nitrogens with zero attached hydrogens (tertiary/aromatic N) is 1. The molecular formula is C12H14FNO2. The minimum atomic E-state index is -0.427. The minimum Gasteiger partial charge on any atom is -0.367 e. The van der Waals surface area contributed by atoms with Gasteiger partial charge in [0.1, 0.15) is 11.9 Å². The van der Waals surface area contributed by atoms with Crippen molar-refractivity contribution >= 4 is 5.78 Å². The number of rotatable bonds is 2. The maximum absolute atomic E-state index is 12.7. The van der Waals surface area contributed by atoms with Crippen LogP contribution in [0.2, 0.25) is 0 Å². The molecule has 86 valence electrons. The molecule has 1 aliphatic heterocycles. The van der Waals surface area contributed by atoms with Crippen molar-refractivity contribution in [1.29, 1.82) is 0 Å². The zero-order valence-corrected chi connectivity index (χ0v) is 9.15. The first-order valence-corrected chi connectivity index (χ1v) is 5.27. The fraction of sp³-hybridized carbons (Fsp3) is 0.417. The number of carbonyl (C=O) groups is 1.